The van der Waals surface area contributed by atoms with Gasteiger partial charge in [0.1, 0.15) is 11.1 Å². The van der Waals surface area contributed by atoms with Crippen LogP contribution in [-0.4, -0.2) is 23.9 Å². The molecule has 0 radical (unpaired) electrons. The van der Waals surface area contributed by atoms with Gasteiger partial charge in [0.2, 0.25) is 5.91 Å². The predicted molar refractivity (Wildman–Crippen MR) is 105 cm³/mol. The van der Waals surface area contributed by atoms with Crippen LogP contribution in [0.4, 0.5) is 5.00 Å². The minimum atomic E-state index is -0.0109. The van der Waals surface area contributed by atoms with Crippen LogP contribution in [0.2, 0.25) is 5.02 Å². The second-order valence-corrected chi connectivity index (χ2v) is 8.41. The summed E-state index contributed by atoms with van der Waals surface area (Å²) in [6.07, 6.45) is 4.66. The number of hydrogen-bond acceptors (Lipinski definition) is 4. The first kappa shape index (κ1) is 17.5. The first-order chi connectivity index (χ1) is 12.7. The summed E-state index contributed by atoms with van der Waals surface area (Å²) in [5.41, 5.74) is 3.08. The molecule has 134 valence electrons. The fourth-order valence-electron chi connectivity index (χ4n) is 3.82. The number of hydrogen-bond donors (Lipinski definition) is 1. The molecule has 2 aliphatic rings. The number of likely N-dealkylation sites (tertiary alicyclic amines) is 1. The predicted octanol–water partition coefficient (Wildman–Crippen LogP) is 4.54. The van der Waals surface area contributed by atoms with Crippen molar-refractivity contribution in [3.8, 4) is 6.07 Å². The van der Waals surface area contributed by atoms with Gasteiger partial charge in [0.25, 0.3) is 0 Å². The van der Waals surface area contributed by atoms with Crippen molar-refractivity contribution in [3.63, 3.8) is 0 Å². The highest BCUT2D eigenvalue weighted by atomic mass is 35.5. The molecule has 0 bridgehead atoms. The second-order valence-electron chi connectivity index (χ2n) is 6.86. The molecule has 26 heavy (non-hydrogen) atoms. The smallest absolute Gasteiger partial charge is 0.226 e. The number of halogens is 1. The van der Waals surface area contributed by atoms with Crippen LogP contribution in [0, 0.1) is 11.3 Å². The summed E-state index contributed by atoms with van der Waals surface area (Å²) >= 11 is 7.53. The van der Waals surface area contributed by atoms with Crippen LogP contribution in [0.1, 0.15) is 46.9 Å². The van der Waals surface area contributed by atoms with Crippen LogP contribution in [0.3, 0.4) is 0 Å². The molecule has 4 nitrogen and oxygen atoms in total. The molecule has 1 aliphatic carbocycles. The number of thiophene rings is 1. The number of aryl methyl sites for hydroxylation is 1. The van der Waals surface area contributed by atoms with E-state index >= 15 is 0 Å². The van der Waals surface area contributed by atoms with E-state index < -0.39 is 0 Å². The van der Waals surface area contributed by atoms with Crippen molar-refractivity contribution in [2.45, 2.75) is 38.1 Å². The largest absolute Gasteiger partial charge is 0.317 e. The molecule has 4 rings (SSSR count). The zero-order valence-electron chi connectivity index (χ0n) is 14.4. The van der Waals surface area contributed by atoms with Crippen molar-refractivity contribution in [1.82, 2.24) is 4.90 Å². The van der Waals surface area contributed by atoms with Gasteiger partial charge < -0.3 is 5.32 Å². The molecule has 1 atom stereocenters. The molecule has 2 heterocycles. The standard InChI is InChI=1S/C20H20ClN3OS/c21-14-6-4-13(5-7-14)17-8-10-24(17)11-9-19(25)23-20-16(12-22)15-2-1-3-18(15)26-20/h4-7,17H,1-3,8-11H2,(H,23,25)/t17-/m0/s1. The molecule has 1 amide bonds. The Labute approximate surface area is 162 Å². The number of benzene rings is 1. The van der Waals surface area contributed by atoms with E-state index in [9.17, 15) is 10.1 Å². The fraction of sp³-hybridized carbons (Fsp3) is 0.400. The monoisotopic (exact) mass is 385 g/mol. The molecule has 2 aromatic rings. The molecule has 0 saturated carbocycles. The summed E-state index contributed by atoms with van der Waals surface area (Å²) in [7, 11) is 0. The maximum Gasteiger partial charge on any atom is 0.226 e. The van der Waals surface area contributed by atoms with Gasteiger partial charge in [-0.3, -0.25) is 9.69 Å². The highest BCUT2D eigenvalue weighted by molar-refractivity contribution is 7.16. The third kappa shape index (κ3) is 3.37. The lowest BCUT2D eigenvalue weighted by molar-refractivity contribution is -0.117. The van der Waals surface area contributed by atoms with E-state index in [1.165, 1.54) is 10.4 Å². The summed E-state index contributed by atoms with van der Waals surface area (Å²) in [6.45, 7) is 1.74. The Morgan fingerprint density at radius 2 is 2.15 bits per heavy atom. The summed E-state index contributed by atoms with van der Waals surface area (Å²) < 4.78 is 0. The lowest BCUT2D eigenvalue weighted by Gasteiger charge is -2.41. The molecule has 1 aromatic carbocycles. The van der Waals surface area contributed by atoms with E-state index in [-0.39, 0.29) is 5.91 Å². The van der Waals surface area contributed by atoms with E-state index in [1.54, 1.807) is 11.3 Å². The number of anilines is 1. The number of nitrogens with zero attached hydrogens (tertiary/aromatic N) is 2. The highest BCUT2D eigenvalue weighted by Crippen LogP contribution is 2.39. The zero-order chi connectivity index (χ0) is 18.1. The zero-order valence-corrected chi connectivity index (χ0v) is 16.0. The number of carbonyl (C=O) groups excluding carboxylic acids is 1. The third-order valence-corrected chi connectivity index (χ3v) is 6.76. The molecular weight excluding hydrogens is 366 g/mol. The van der Waals surface area contributed by atoms with Gasteiger partial charge in [-0.15, -0.1) is 11.3 Å². The van der Waals surface area contributed by atoms with E-state index in [0.717, 1.165) is 54.4 Å². The van der Waals surface area contributed by atoms with Gasteiger partial charge in [0.05, 0.1) is 5.56 Å². The van der Waals surface area contributed by atoms with E-state index in [0.29, 0.717) is 18.0 Å². The van der Waals surface area contributed by atoms with Crippen molar-refractivity contribution in [1.29, 1.82) is 5.26 Å². The number of amides is 1. The van der Waals surface area contributed by atoms with Crippen LogP contribution in [0.25, 0.3) is 0 Å². The van der Waals surface area contributed by atoms with E-state index in [4.69, 9.17) is 11.6 Å². The number of rotatable bonds is 5. The van der Waals surface area contributed by atoms with Gasteiger partial charge in [-0.2, -0.15) is 5.26 Å². The lowest BCUT2D eigenvalue weighted by Crippen LogP contribution is -2.42. The summed E-state index contributed by atoms with van der Waals surface area (Å²) in [5.74, 6) is -0.0109. The fourth-order valence-corrected chi connectivity index (χ4v) is 5.20. The van der Waals surface area contributed by atoms with Crippen LogP contribution in [0.5, 0.6) is 0 Å². The van der Waals surface area contributed by atoms with Crippen molar-refractivity contribution >= 4 is 33.8 Å². The average molecular weight is 386 g/mol. The van der Waals surface area contributed by atoms with Gasteiger partial charge >= 0.3 is 0 Å². The Bertz CT molecular complexity index is 868. The van der Waals surface area contributed by atoms with Gasteiger partial charge in [0.15, 0.2) is 0 Å². The highest BCUT2D eigenvalue weighted by Gasteiger charge is 2.29. The van der Waals surface area contributed by atoms with Crippen molar-refractivity contribution < 1.29 is 4.79 Å². The SMILES string of the molecule is N#Cc1c(NC(=O)CCN2CC[C@H]2c2ccc(Cl)cc2)sc2c1CCC2. The summed E-state index contributed by atoms with van der Waals surface area (Å²) in [6, 6.07) is 10.6. The molecule has 1 N–H and O–H groups in total. The maximum atomic E-state index is 12.4. The Balaban J connectivity index is 1.33. The Hall–Kier alpha value is -1.87. The van der Waals surface area contributed by atoms with Gasteiger partial charge in [-0.1, -0.05) is 23.7 Å². The molecule has 1 aliphatic heterocycles. The minimum absolute atomic E-state index is 0.0109. The average Bonchev–Trinajstić information content (AvgIpc) is 3.16. The molecule has 1 aromatic heterocycles. The van der Waals surface area contributed by atoms with Gasteiger partial charge in [0, 0.05) is 35.5 Å². The first-order valence-electron chi connectivity index (χ1n) is 8.99. The number of nitriles is 1. The lowest BCUT2D eigenvalue weighted by atomic mass is 9.94. The number of carbonyl (C=O) groups is 1. The molecule has 1 fully saturated rings. The van der Waals surface area contributed by atoms with Crippen molar-refractivity contribution in [2.24, 2.45) is 0 Å². The van der Waals surface area contributed by atoms with Gasteiger partial charge in [-0.25, -0.2) is 0 Å². The quantitative estimate of drug-likeness (QED) is 0.822. The number of nitrogens with one attached hydrogen (secondary N) is 1. The van der Waals surface area contributed by atoms with Gasteiger partial charge in [-0.05, 0) is 48.9 Å². The Morgan fingerprint density at radius 3 is 2.85 bits per heavy atom. The Morgan fingerprint density at radius 1 is 1.35 bits per heavy atom. The third-order valence-electron chi connectivity index (χ3n) is 5.30. The van der Waals surface area contributed by atoms with Crippen LogP contribution < -0.4 is 5.32 Å². The number of fused-ring (bicyclic) bond motifs is 1. The van der Waals surface area contributed by atoms with Crippen LogP contribution in [0.15, 0.2) is 24.3 Å². The van der Waals surface area contributed by atoms with Crippen LogP contribution >= 0.6 is 22.9 Å². The minimum Gasteiger partial charge on any atom is -0.317 e. The second kappa shape index (κ2) is 7.40. The molecule has 6 heteroatoms. The Kier molecular flexibility index (Phi) is 4.99. The van der Waals surface area contributed by atoms with Crippen LogP contribution in [-0.2, 0) is 17.6 Å². The maximum absolute atomic E-state index is 12.4. The van der Waals surface area contributed by atoms with E-state index in [1.807, 2.05) is 12.1 Å². The normalized spacial score (nSPS) is 18.8. The summed E-state index contributed by atoms with van der Waals surface area (Å²) in [5, 5.41) is 13.9. The molecule has 0 unspecified atom stereocenters. The molecule has 1 saturated heterocycles. The van der Waals surface area contributed by atoms with Crippen molar-refractivity contribution in [3.05, 3.63) is 50.9 Å². The molecule has 0 spiro atoms. The molecular formula is C20H20ClN3OS. The summed E-state index contributed by atoms with van der Waals surface area (Å²) in [4.78, 5) is 16.0. The topological polar surface area (TPSA) is 56.1 Å². The first-order valence-corrected chi connectivity index (χ1v) is 10.2. The van der Waals surface area contributed by atoms with E-state index in [2.05, 4.69) is 28.4 Å². The van der Waals surface area contributed by atoms with Crippen molar-refractivity contribution in [2.75, 3.05) is 18.4 Å².